The van der Waals surface area contributed by atoms with Gasteiger partial charge in [-0.3, -0.25) is 24.7 Å². The SMILES string of the molecule is CC(=O)c1ccc(-c2cccc3[nH]c(-c4n[nH]c5cnc(-c6cncc(NC(=O)C7CCCC7)c6)c(F)c45)nc23)s1. The number of imidazole rings is 1. The summed E-state index contributed by atoms with van der Waals surface area (Å²) in [6, 6.07) is 11.1. The van der Waals surface area contributed by atoms with Crippen molar-refractivity contribution in [1.82, 2.24) is 30.1 Å². The van der Waals surface area contributed by atoms with Gasteiger partial charge in [-0.1, -0.05) is 25.0 Å². The van der Waals surface area contributed by atoms with Gasteiger partial charge >= 0.3 is 0 Å². The largest absolute Gasteiger partial charge is 0.337 e. The number of pyridine rings is 2. The summed E-state index contributed by atoms with van der Waals surface area (Å²) in [4.78, 5) is 42.7. The fourth-order valence-electron chi connectivity index (χ4n) is 5.43. The molecule has 0 unspecified atom stereocenters. The van der Waals surface area contributed by atoms with Crippen molar-refractivity contribution in [3.8, 4) is 33.2 Å². The Kier molecular flexibility index (Phi) is 6.15. The molecule has 1 fully saturated rings. The first-order chi connectivity index (χ1) is 20.0. The molecule has 1 aliphatic carbocycles. The van der Waals surface area contributed by atoms with Crippen molar-refractivity contribution in [2.24, 2.45) is 5.92 Å². The summed E-state index contributed by atoms with van der Waals surface area (Å²) in [6.07, 6.45) is 8.47. The minimum atomic E-state index is -0.572. The van der Waals surface area contributed by atoms with E-state index in [0.29, 0.717) is 38.7 Å². The lowest BCUT2D eigenvalue weighted by molar-refractivity contribution is -0.119. The van der Waals surface area contributed by atoms with Gasteiger partial charge in [0.25, 0.3) is 0 Å². The first-order valence-electron chi connectivity index (χ1n) is 13.4. The summed E-state index contributed by atoms with van der Waals surface area (Å²) in [5, 5.41) is 10.4. The van der Waals surface area contributed by atoms with Crippen LogP contribution in [0.15, 0.2) is 55.0 Å². The van der Waals surface area contributed by atoms with Crippen LogP contribution in [0, 0.1) is 11.7 Å². The fourth-order valence-corrected chi connectivity index (χ4v) is 6.36. The van der Waals surface area contributed by atoms with Gasteiger partial charge in [-0.05, 0) is 44.0 Å². The van der Waals surface area contributed by atoms with Crippen molar-refractivity contribution < 1.29 is 14.0 Å². The molecular formula is C30H24FN7O2S. The van der Waals surface area contributed by atoms with E-state index in [4.69, 9.17) is 4.98 Å². The van der Waals surface area contributed by atoms with Crippen molar-refractivity contribution in [2.75, 3.05) is 5.32 Å². The number of benzene rings is 1. The predicted molar refractivity (Wildman–Crippen MR) is 156 cm³/mol. The zero-order valence-corrected chi connectivity index (χ0v) is 22.8. The first kappa shape index (κ1) is 25.2. The van der Waals surface area contributed by atoms with Crippen LogP contribution in [0.1, 0.15) is 42.3 Å². The van der Waals surface area contributed by atoms with E-state index in [1.54, 1.807) is 19.2 Å². The molecule has 41 heavy (non-hydrogen) atoms. The number of hydrogen-bond donors (Lipinski definition) is 3. The predicted octanol–water partition coefficient (Wildman–Crippen LogP) is 6.76. The number of Topliss-reactive ketones (excluding diaryl/α,β-unsaturated/α-hetero) is 1. The molecule has 0 aliphatic heterocycles. The molecule has 0 radical (unpaired) electrons. The number of para-hydroxylation sites is 1. The molecule has 6 aromatic rings. The Morgan fingerprint density at radius 1 is 1.05 bits per heavy atom. The molecule has 0 saturated heterocycles. The number of aromatic nitrogens is 6. The number of aromatic amines is 2. The number of thiophene rings is 1. The average molecular weight is 566 g/mol. The summed E-state index contributed by atoms with van der Waals surface area (Å²) in [7, 11) is 0. The Bertz CT molecular complexity index is 1970. The topological polar surface area (TPSA) is 129 Å². The van der Waals surface area contributed by atoms with Crippen LogP contribution in [0.25, 0.3) is 55.2 Å². The molecule has 5 aromatic heterocycles. The number of nitrogens with zero attached hydrogens (tertiary/aromatic N) is 4. The second-order valence-electron chi connectivity index (χ2n) is 10.2. The van der Waals surface area contributed by atoms with E-state index in [1.807, 2.05) is 30.3 Å². The van der Waals surface area contributed by atoms with Crippen molar-refractivity contribution in [2.45, 2.75) is 32.6 Å². The van der Waals surface area contributed by atoms with E-state index in [1.165, 1.54) is 23.7 Å². The van der Waals surface area contributed by atoms with Gasteiger partial charge in [-0.2, -0.15) is 5.10 Å². The van der Waals surface area contributed by atoms with Gasteiger partial charge in [0, 0.05) is 28.1 Å². The molecule has 9 nitrogen and oxygen atoms in total. The van der Waals surface area contributed by atoms with Crippen LogP contribution >= 0.6 is 11.3 Å². The van der Waals surface area contributed by atoms with Crippen molar-refractivity contribution in [3.05, 3.63) is 65.7 Å². The molecule has 5 heterocycles. The van der Waals surface area contributed by atoms with E-state index < -0.39 is 5.82 Å². The third-order valence-corrected chi connectivity index (χ3v) is 8.72. The molecule has 0 atom stereocenters. The minimum Gasteiger partial charge on any atom is -0.337 e. The average Bonchev–Trinajstić information content (AvgIpc) is 3.78. The van der Waals surface area contributed by atoms with Crippen molar-refractivity contribution >= 4 is 50.7 Å². The van der Waals surface area contributed by atoms with Gasteiger partial charge < -0.3 is 10.3 Å². The summed E-state index contributed by atoms with van der Waals surface area (Å²) < 4.78 is 16.1. The van der Waals surface area contributed by atoms with E-state index in [0.717, 1.165) is 41.6 Å². The number of amides is 1. The van der Waals surface area contributed by atoms with Gasteiger partial charge in [0.05, 0.1) is 44.9 Å². The highest BCUT2D eigenvalue weighted by Crippen LogP contribution is 2.37. The molecule has 1 saturated carbocycles. The highest BCUT2D eigenvalue weighted by atomic mass is 32.1. The van der Waals surface area contributed by atoms with E-state index in [2.05, 4.69) is 30.5 Å². The van der Waals surface area contributed by atoms with Gasteiger partial charge in [-0.25, -0.2) is 9.37 Å². The number of anilines is 1. The molecule has 204 valence electrons. The Morgan fingerprint density at radius 2 is 1.90 bits per heavy atom. The molecule has 7 rings (SSSR count). The van der Waals surface area contributed by atoms with Crippen molar-refractivity contribution in [1.29, 1.82) is 0 Å². The van der Waals surface area contributed by atoms with Crippen LogP contribution in [0.5, 0.6) is 0 Å². The van der Waals surface area contributed by atoms with Gasteiger partial charge in [0.1, 0.15) is 11.4 Å². The van der Waals surface area contributed by atoms with Crippen molar-refractivity contribution in [3.63, 3.8) is 0 Å². The number of nitrogens with one attached hydrogen (secondary N) is 3. The smallest absolute Gasteiger partial charge is 0.227 e. The van der Waals surface area contributed by atoms with Gasteiger partial charge in [-0.15, -0.1) is 11.3 Å². The number of hydrogen-bond acceptors (Lipinski definition) is 7. The van der Waals surface area contributed by atoms with Crippen LogP contribution in [0.2, 0.25) is 0 Å². The molecule has 11 heteroatoms. The molecule has 0 bridgehead atoms. The first-order valence-corrected chi connectivity index (χ1v) is 14.2. The number of H-pyrrole nitrogens is 2. The van der Waals surface area contributed by atoms with Crippen LogP contribution < -0.4 is 5.32 Å². The Balaban J connectivity index is 1.27. The van der Waals surface area contributed by atoms with Crippen LogP contribution in [0.4, 0.5) is 10.1 Å². The Hall–Kier alpha value is -4.77. The van der Waals surface area contributed by atoms with E-state index >= 15 is 4.39 Å². The standard InChI is InChI=1S/C30H24FN7O2S/c1-15(39)22-9-10-23(41-22)19-7-4-8-20-27(19)36-29(35-20)28-24-21(37-38-28)14-33-26(25(24)31)17-11-18(13-32-12-17)34-30(40)16-5-2-3-6-16/h4,7-14,16H,2-3,5-6H2,1H3,(H,34,40)(H,35,36)(H,37,38). The maximum Gasteiger partial charge on any atom is 0.227 e. The lowest BCUT2D eigenvalue weighted by atomic mass is 10.1. The van der Waals surface area contributed by atoms with Crippen LogP contribution in [-0.4, -0.2) is 41.8 Å². The second-order valence-corrected chi connectivity index (χ2v) is 11.3. The molecule has 1 aromatic carbocycles. The normalized spacial score (nSPS) is 13.8. The monoisotopic (exact) mass is 565 g/mol. The Labute approximate surface area is 237 Å². The number of carbonyl (C=O) groups is 2. The lowest BCUT2D eigenvalue weighted by Gasteiger charge is -2.11. The molecule has 0 spiro atoms. The highest BCUT2D eigenvalue weighted by molar-refractivity contribution is 7.17. The quantitative estimate of drug-likeness (QED) is 0.191. The second kappa shape index (κ2) is 10.0. The summed E-state index contributed by atoms with van der Waals surface area (Å²) >= 11 is 1.41. The summed E-state index contributed by atoms with van der Waals surface area (Å²) in [5.41, 5.74) is 4.09. The number of halogens is 1. The highest BCUT2D eigenvalue weighted by Gasteiger charge is 2.24. The maximum atomic E-state index is 16.1. The summed E-state index contributed by atoms with van der Waals surface area (Å²) in [6.45, 7) is 1.54. The lowest BCUT2D eigenvalue weighted by Crippen LogP contribution is -2.20. The number of carbonyl (C=O) groups excluding carboxylic acids is 2. The maximum absolute atomic E-state index is 16.1. The molecular weight excluding hydrogens is 541 g/mol. The van der Waals surface area contributed by atoms with Gasteiger partial charge in [0.2, 0.25) is 5.91 Å². The Morgan fingerprint density at radius 3 is 2.71 bits per heavy atom. The number of rotatable bonds is 6. The van der Waals surface area contributed by atoms with Gasteiger partial charge in [0.15, 0.2) is 17.4 Å². The molecule has 3 N–H and O–H groups in total. The van der Waals surface area contributed by atoms with Crippen LogP contribution in [-0.2, 0) is 4.79 Å². The molecule has 1 aliphatic rings. The van der Waals surface area contributed by atoms with E-state index in [-0.39, 0.29) is 28.7 Å². The zero-order valence-electron chi connectivity index (χ0n) is 22.0. The van der Waals surface area contributed by atoms with E-state index in [9.17, 15) is 9.59 Å². The minimum absolute atomic E-state index is 0.00122. The zero-order chi connectivity index (χ0) is 28.1. The fraction of sp³-hybridized carbons (Fsp3) is 0.200. The number of ketones is 1. The molecule has 1 amide bonds. The van der Waals surface area contributed by atoms with Crippen LogP contribution in [0.3, 0.4) is 0 Å². The third-order valence-electron chi connectivity index (χ3n) is 7.51. The third kappa shape index (κ3) is 4.48. The number of fused-ring (bicyclic) bond motifs is 2. The summed E-state index contributed by atoms with van der Waals surface area (Å²) in [5.74, 6) is -0.201.